The van der Waals surface area contributed by atoms with Crippen molar-refractivity contribution in [3.05, 3.63) is 58.4 Å². The van der Waals surface area contributed by atoms with Crippen molar-refractivity contribution in [2.24, 2.45) is 0 Å². The number of aryl methyl sites for hydroxylation is 2. The minimum atomic E-state index is 0.0256. The average Bonchev–Trinajstić information content (AvgIpc) is 2.78. The highest BCUT2D eigenvalue weighted by Crippen LogP contribution is 2.27. The molecule has 102 valence electrons. The van der Waals surface area contributed by atoms with Crippen LogP contribution in [0.3, 0.4) is 0 Å². The van der Waals surface area contributed by atoms with E-state index in [0.717, 1.165) is 38.7 Å². The molecule has 0 spiro atoms. The molecule has 0 radical (unpaired) electrons. The zero-order valence-electron chi connectivity index (χ0n) is 11.4. The third kappa shape index (κ3) is 2.09. The van der Waals surface area contributed by atoms with E-state index in [0.29, 0.717) is 0 Å². The number of fused-ring (bicyclic) bond motifs is 1. The molecular formula is C16H15ClN2O. The van der Waals surface area contributed by atoms with Gasteiger partial charge in [0.15, 0.2) is 0 Å². The minimum Gasteiger partial charge on any atom is -0.392 e. The van der Waals surface area contributed by atoms with E-state index in [-0.39, 0.29) is 6.61 Å². The number of aromatic nitrogens is 2. The van der Waals surface area contributed by atoms with Gasteiger partial charge in [-0.1, -0.05) is 17.7 Å². The van der Waals surface area contributed by atoms with Gasteiger partial charge in [-0.15, -0.1) is 0 Å². The van der Waals surface area contributed by atoms with E-state index in [4.69, 9.17) is 11.6 Å². The number of aliphatic hydroxyl groups is 1. The molecule has 1 N–H and O–H groups in total. The van der Waals surface area contributed by atoms with Crippen molar-refractivity contribution in [2.45, 2.75) is 20.5 Å². The van der Waals surface area contributed by atoms with Gasteiger partial charge < -0.3 is 9.51 Å². The van der Waals surface area contributed by atoms with Crippen LogP contribution < -0.4 is 0 Å². The van der Waals surface area contributed by atoms with Crippen molar-refractivity contribution in [1.82, 2.24) is 9.38 Å². The Labute approximate surface area is 122 Å². The van der Waals surface area contributed by atoms with Gasteiger partial charge in [0.05, 0.1) is 12.3 Å². The molecule has 3 aromatic rings. The molecule has 0 amide bonds. The van der Waals surface area contributed by atoms with Gasteiger partial charge >= 0.3 is 0 Å². The summed E-state index contributed by atoms with van der Waals surface area (Å²) in [6, 6.07) is 9.73. The van der Waals surface area contributed by atoms with E-state index < -0.39 is 0 Å². The second-order valence-electron chi connectivity index (χ2n) is 4.93. The van der Waals surface area contributed by atoms with Gasteiger partial charge in [0, 0.05) is 22.5 Å². The molecule has 2 heterocycles. The third-order valence-corrected chi connectivity index (χ3v) is 3.97. The van der Waals surface area contributed by atoms with Gasteiger partial charge in [-0.2, -0.15) is 0 Å². The van der Waals surface area contributed by atoms with Gasteiger partial charge in [0.25, 0.3) is 0 Å². The zero-order chi connectivity index (χ0) is 14.3. The Balaban J connectivity index is 2.20. The number of nitrogens with zero attached hydrogens (tertiary/aromatic N) is 2. The molecule has 0 bridgehead atoms. The van der Waals surface area contributed by atoms with Crippen LogP contribution in [0.15, 0.2) is 36.5 Å². The first kappa shape index (κ1) is 13.2. The summed E-state index contributed by atoms with van der Waals surface area (Å²) in [5.41, 5.74) is 5.82. The number of halogens is 1. The lowest BCUT2D eigenvalue weighted by Crippen LogP contribution is -1.90. The SMILES string of the molecule is Cc1cc(-c2nc3cc(CO)ccn3c2C)ccc1Cl. The minimum absolute atomic E-state index is 0.0256. The molecule has 0 saturated carbocycles. The van der Waals surface area contributed by atoms with Crippen LogP contribution in [-0.2, 0) is 6.61 Å². The Hall–Kier alpha value is -1.84. The van der Waals surface area contributed by atoms with Crippen LogP contribution in [0.2, 0.25) is 5.02 Å². The third-order valence-electron chi connectivity index (χ3n) is 3.54. The number of hydrogen-bond donors (Lipinski definition) is 1. The molecule has 0 fully saturated rings. The van der Waals surface area contributed by atoms with E-state index in [2.05, 4.69) is 4.98 Å². The molecule has 0 aliphatic heterocycles. The Bertz CT molecular complexity index is 793. The monoisotopic (exact) mass is 286 g/mol. The number of aliphatic hydroxyl groups excluding tert-OH is 1. The van der Waals surface area contributed by atoms with Crippen LogP contribution >= 0.6 is 11.6 Å². The predicted octanol–water partition coefficient (Wildman–Crippen LogP) is 3.76. The molecule has 20 heavy (non-hydrogen) atoms. The molecule has 3 nitrogen and oxygen atoms in total. The number of rotatable bonds is 2. The maximum atomic E-state index is 9.21. The molecule has 0 atom stereocenters. The Morgan fingerprint density at radius 2 is 2.00 bits per heavy atom. The average molecular weight is 287 g/mol. The maximum Gasteiger partial charge on any atom is 0.138 e. The fourth-order valence-corrected chi connectivity index (χ4v) is 2.49. The van der Waals surface area contributed by atoms with E-state index in [1.54, 1.807) is 0 Å². The van der Waals surface area contributed by atoms with Crippen LogP contribution in [0.25, 0.3) is 16.9 Å². The molecular weight excluding hydrogens is 272 g/mol. The first-order valence-electron chi connectivity index (χ1n) is 6.45. The number of imidazole rings is 1. The van der Waals surface area contributed by atoms with Crippen molar-refractivity contribution in [1.29, 1.82) is 0 Å². The van der Waals surface area contributed by atoms with E-state index in [1.165, 1.54) is 0 Å². The largest absolute Gasteiger partial charge is 0.392 e. The fourth-order valence-electron chi connectivity index (χ4n) is 2.37. The summed E-state index contributed by atoms with van der Waals surface area (Å²) in [6.07, 6.45) is 1.94. The summed E-state index contributed by atoms with van der Waals surface area (Å²) in [6.45, 7) is 4.05. The molecule has 0 saturated heterocycles. The predicted molar refractivity (Wildman–Crippen MR) is 81.0 cm³/mol. The van der Waals surface area contributed by atoms with Gasteiger partial charge in [0.2, 0.25) is 0 Å². The topological polar surface area (TPSA) is 37.5 Å². The van der Waals surface area contributed by atoms with Crippen molar-refractivity contribution in [3.8, 4) is 11.3 Å². The number of hydrogen-bond acceptors (Lipinski definition) is 2. The molecule has 4 heteroatoms. The summed E-state index contributed by atoms with van der Waals surface area (Å²) in [5.74, 6) is 0. The first-order chi connectivity index (χ1) is 9.60. The van der Waals surface area contributed by atoms with Gasteiger partial charge in [-0.05, 0) is 49.2 Å². The summed E-state index contributed by atoms with van der Waals surface area (Å²) in [5, 5.41) is 9.97. The van der Waals surface area contributed by atoms with Crippen molar-refractivity contribution >= 4 is 17.2 Å². The van der Waals surface area contributed by atoms with Crippen LogP contribution in [0.4, 0.5) is 0 Å². The molecule has 1 aromatic carbocycles. The summed E-state index contributed by atoms with van der Waals surface area (Å²) >= 11 is 6.07. The number of benzene rings is 1. The summed E-state index contributed by atoms with van der Waals surface area (Å²) < 4.78 is 2.03. The highest BCUT2D eigenvalue weighted by atomic mass is 35.5. The van der Waals surface area contributed by atoms with Gasteiger partial charge in [-0.25, -0.2) is 4.98 Å². The maximum absolute atomic E-state index is 9.21. The first-order valence-corrected chi connectivity index (χ1v) is 6.83. The lowest BCUT2D eigenvalue weighted by molar-refractivity contribution is 0.282. The molecule has 2 aromatic heterocycles. The Morgan fingerprint density at radius 3 is 2.70 bits per heavy atom. The van der Waals surface area contributed by atoms with E-state index >= 15 is 0 Å². The summed E-state index contributed by atoms with van der Waals surface area (Å²) in [4.78, 5) is 4.67. The smallest absolute Gasteiger partial charge is 0.138 e. The highest BCUT2D eigenvalue weighted by Gasteiger charge is 2.11. The van der Waals surface area contributed by atoms with Crippen LogP contribution in [-0.4, -0.2) is 14.5 Å². The quantitative estimate of drug-likeness (QED) is 0.779. The Kier molecular flexibility index (Phi) is 3.24. The lowest BCUT2D eigenvalue weighted by atomic mass is 10.1. The molecule has 0 aliphatic rings. The molecule has 0 aliphatic carbocycles. The normalized spacial score (nSPS) is 11.2. The number of pyridine rings is 1. The van der Waals surface area contributed by atoms with Crippen LogP contribution in [0, 0.1) is 13.8 Å². The van der Waals surface area contributed by atoms with Crippen LogP contribution in [0.5, 0.6) is 0 Å². The second-order valence-corrected chi connectivity index (χ2v) is 5.34. The Morgan fingerprint density at radius 1 is 1.20 bits per heavy atom. The molecule has 0 unspecified atom stereocenters. The fraction of sp³-hybridized carbons (Fsp3) is 0.188. The lowest BCUT2D eigenvalue weighted by Gasteiger charge is -2.03. The highest BCUT2D eigenvalue weighted by molar-refractivity contribution is 6.31. The zero-order valence-corrected chi connectivity index (χ0v) is 12.1. The van der Waals surface area contributed by atoms with Gasteiger partial charge in [0.1, 0.15) is 5.65 Å². The van der Waals surface area contributed by atoms with E-state index in [9.17, 15) is 5.11 Å². The van der Waals surface area contributed by atoms with Crippen molar-refractivity contribution in [2.75, 3.05) is 0 Å². The van der Waals surface area contributed by atoms with Crippen molar-refractivity contribution < 1.29 is 5.11 Å². The molecule has 3 rings (SSSR count). The van der Waals surface area contributed by atoms with E-state index in [1.807, 2.05) is 54.8 Å². The second kappa shape index (κ2) is 4.93. The van der Waals surface area contributed by atoms with Gasteiger partial charge in [-0.3, -0.25) is 0 Å². The van der Waals surface area contributed by atoms with Crippen LogP contribution in [0.1, 0.15) is 16.8 Å². The standard InChI is InChI=1S/C16H15ClN2O/c1-10-7-13(3-4-14(10)17)16-11(2)19-6-5-12(9-20)8-15(19)18-16/h3-8,20H,9H2,1-2H3. The van der Waals surface area contributed by atoms with Crippen molar-refractivity contribution in [3.63, 3.8) is 0 Å². The summed E-state index contributed by atoms with van der Waals surface area (Å²) in [7, 11) is 0.